The van der Waals surface area contributed by atoms with Gasteiger partial charge in [-0.15, -0.1) is 0 Å². The molecule has 1 atom stereocenters. The Hall–Kier alpha value is -1.06. The summed E-state index contributed by atoms with van der Waals surface area (Å²) >= 11 is 0. The Balaban J connectivity index is 3.60. The summed E-state index contributed by atoms with van der Waals surface area (Å²) in [6.07, 6.45) is 1.26. The minimum Gasteiger partial charge on any atom is -0.502 e. The van der Waals surface area contributed by atoms with Crippen LogP contribution in [0.1, 0.15) is 20.3 Å². The van der Waals surface area contributed by atoms with E-state index in [-0.39, 0.29) is 13.0 Å². The first-order valence-corrected chi connectivity index (χ1v) is 4.29. The lowest BCUT2D eigenvalue weighted by atomic mass is 10.3. The van der Waals surface area contributed by atoms with Gasteiger partial charge in [0, 0.05) is 6.42 Å². The molecule has 1 unspecified atom stereocenters. The molecule has 13 heavy (non-hydrogen) atoms. The van der Waals surface area contributed by atoms with Gasteiger partial charge in [-0.2, -0.15) is 0 Å². The molecule has 4 heteroatoms. The molecule has 0 rings (SSSR count). The number of ether oxygens (including phenoxy) is 2. The van der Waals surface area contributed by atoms with Crippen LogP contribution in [-0.4, -0.2) is 25.4 Å². The molecule has 0 aromatic heterocycles. The molecule has 0 saturated carbocycles. The number of esters is 1. The summed E-state index contributed by atoms with van der Waals surface area (Å²) in [7, 11) is 0. The van der Waals surface area contributed by atoms with E-state index in [0.29, 0.717) is 6.61 Å². The summed E-state index contributed by atoms with van der Waals surface area (Å²) in [5.41, 5.74) is 0. The fraction of sp³-hybridized carbons (Fsp3) is 0.667. The maximum atomic E-state index is 12.8. The second-order valence-electron chi connectivity index (χ2n) is 2.28. The van der Waals surface area contributed by atoms with Crippen LogP contribution in [0, 0.1) is 0 Å². The highest BCUT2D eigenvalue weighted by atomic mass is 19.1. The number of carbonyl (C=O) groups excluding carboxylic acids is 1. The Morgan fingerprint density at radius 2 is 2.15 bits per heavy atom. The van der Waals surface area contributed by atoms with Crippen molar-refractivity contribution in [1.29, 1.82) is 0 Å². The van der Waals surface area contributed by atoms with Gasteiger partial charge in [-0.25, -0.2) is 9.18 Å². The van der Waals surface area contributed by atoms with Crippen LogP contribution in [0.15, 0.2) is 12.3 Å². The molecule has 0 aromatic rings. The third kappa shape index (κ3) is 6.13. The first-order valence-electron chi connectivity index (χ1n) is 4.29. The monoisotopic (exact) mass is 190 g/mol. The molecule has 0 spiro atoms. The van der Waals surface area contributed by atoms with Crippen molar-refractivity contribution in [3.8, 4) is 0 Å². The van der Waals surface area contributed by atoms with E-state index in [1.165, 1.54) is 12.3 Å². The van der Waals surface area contributed by atoms with Crippen molar-refractivity contribution in [2.24, 2.45) is 0 Å². The van der Waals surface area contributed by atoms with Crippen LogP contribution in [-0.2, 0) is 14.3 Å². The lowest BCUT2D eigenvalue weighted by molar-refractivity contribution is -0.148. The van der Waals surface area contributed by atoms with Gasteiger partial charge in [-0.05, 0) is 19.9 Å². The lowest BCUT2D eigenvalue weighted by Crippen LogP contribution is -2.17. The molecule has 0 saturated heterocycles. The van der Waals surface area contributed by atoms with Gasteiger partial charge in [0.2, 0.25) is 6.17 Å². The number of hydrogen-bond acceptors (Lipinski definition) is 3. The van der Waals surface area contributed by atoms with Crippen LogP contribution in [0.4, 0.5) is 4.39 Å². The van der Waals surface area contributed by atoms with E-state index in [9.17, 15) is 9.18 Å². The van der Waals surface area contributed by atoms with Gasteiger partial charge in [0.15, 0.2) is 0 Å². The Labute approximate surface area is 77.5 Å². The summed E-state index contributed by atoms with van der Waals surface area (Å²) in [5.74, 6) is -0.816. The van der Waals surface area contributed by atoms with Crippen molar-refractivity contribution in [3.63, 3.8) is 0 Å². The van der Waals surface area contributed by atoms with E-state index in [2.05, 4.69) is 4.74 Å². The van der Waals surface area contributed by atoms with Crippen LogP contribution >= 0.6 is 0 Å². The zero-order valence-corrected chi connectivity index (χ0v) is 7.96. The Morgan fingerprint density at radius 3 is 2.69 bits per heavy atom. The summed E-state index contributed by atoms with van der Waals surface area (Å²) in [6.45, 7) is 4.20. The van der Waals surface area contributed by atoms with Crippen molar-refractivity contribution in [2.75, 3.05) is 13.2 Å². The predicted molar refractivity (Wildman–Crippen MR) is 46.9 cm³/mol. The van der Waals surface area contributed by atoms with Gasteiger partial charge >= 0.3 is 5.97 Å². The van der Waals surface area contributed by atoms with Gasteiger partial charge < -0.3 is 9.47 Å². The maximum Gasteiger partial charge on any atom is 0.341 e. The maximum absolute atomic E-state index is 12.8. The van der Waals surface area contributed by atoms with E-state index in [1.54, 1.807) is 6.92 Å². The lowest BCUT2D eigenvalue weighted by Gasteiger charge is -2.03. The van der Waals surface area contributed by atoms with Crippen molar-refractivity contribution in [3.05, 3.63) is 12.3 Å². The number of rotatable bonds is 6. The smallest absolute Gasteiger partial charge is 0.341 e. The third-order valence-corrected chi connectivity index (χ3v) is 1.24. The van der Waals surface area contributed by atoms with Gasteiger partial charge in [0.05, 0.1) is 19.5 Å². The van der Waals surface area contributed by atoms with E-state index >= 15 is 0 Å². The molecule has 0 aromatic carbocycles. The summed E-state index contributed by atoms with van der Waals surface area (Å²) in [4.78, 5) is 10.7. The number of carbonyl (C=O) groups is 1. The third-order valence-electron chi connectivity index (χ3n) is 1.24. The zero-order chi connectivity index (χ0) is 10.1. The standard InChI is InChI=1S/C9H15FO3/c1-3-12-7-5-6-8(10)9(11)13-4-2/h5,7-8H,3-4,6H2,1-2H3. The largest absolute Gasteiger partial charge is 0.502 e. The first-order chi connectivity index (χ1) is 6.22. The first kappa shape index (κ1) is 11.9. The quantitative estimate of drug-likeness (QED) is 0.473. The van der Waals surface area contributed by atoms with Crippen molar-refractivity contribution < 1.29 is 18.7 Å². The van der Waals surface area contributed by atoms with Crippen molar-refractivity contribution in [2.45, 2.75) is 26.4 Å². The minimum absolute atomic E-state index is 0.00116. The highest BCUT2D eigenvalue weighted by molar-refractivity contribution is 5.74. The highest BCUT2D eigenvalue weighted by Crippen LogP contribution is 2.01. The average molecular weight is 190 g/mol. The summed E-state index contributed by atoms with van der Waals surface area (Å²) in [6, 6.07) is 0. The molecule has 0 radical (unpaired) electrons. The van der Waals surface area contributed by atoms with Crippen LogP contribution in [0.5, 0.6) is 0 Å². The number of halogens is 1. The fourth-order valence-electron chi connectivity index (χ4n) is 0.668. The molecule has 0 heterocycles. The molecule has 3 nitrogen and oxygen atoms in total. The van der Waals surface area contributed by atoms with E-state index in [4.69, 9.17) is 4.74 Å². The molecule has 0 aliphatic heterocycles. The topological polar surface area (TPSA) is 35.5 Å². The molecule has 0 amide bonds. The molecule has 0 fully saturated rings. The minimum atomic E-state index is -1.59. The Morgan fingerprint density at radius 1 is 1.46 bits per heavy atom. The van der Waals surface area contributed by atoms with Crippen LogP contribution in [0.3, 0.4) is 0 Å². The Kier molecular flexibility index (Phi) is 6.96. The molecule has 76 valence electrons. The van der Waals surface area contributed by atoms with E-state index in [0.717, 1.165) is 0 Å². The average Bonchev–Trinajstić information content (AvgIpc) is 2.12. The molecular weight excluding hydrogens is 175 g/mol. The number of allylic oxidation sites excluding steroid dienone is 1. The predicted octanol–water partition coefficient (Wildman–Crippen LogP) is 1.83. The normalized spacial score (nSPS) is 12.8. The molecule has 0 bridgehead atoms. The Bertz CT molecular complexity index is 168. The second kappa shape index (κ2) is 7.58. The summed E-state index contributed by atoms with van der Waals surface area (Å²) in [5, 5.41) is 0. The van der Waals surface area contributed by atoms with Crippen molar-refractivity contribution in [1.82, 2.24) is 0 Å². The van der Waals surface area contributed by atoms with E-state index < -0.39 is 12.1 Å². The molecule has 0 aliphatic rings. The van der Waals surface area contributed by atoms with Gasteiger partial charge in [-0.3, -0.25) is 0 Å². The van der Waals surface area contributed by atoms with Crippen LogP contribution in [0.25, 0.3) is 0 Å². The highest BCUT2D eigenvalue weighted by Gasteiger charge is 2.16. The molecule has 0 N–H and O–H groups in total. The zero-order valence-electron chi connectivity index (χ0n) is 7.96. The summed E-state index contributed by atoms with van der Waals surface area (Å²) < 4.78 is 22.1. The van der Waals surface area contributed by atoms with Crippen LogP contribution < -0.4 is 0 Å². The van der Waals surface area contributed by atoms with E-state index in [1.807, 2.05) is 6.92 Å². The second-order valence-corrected chi connectivity index (χ2v) is 2.28. The number of hydrogen-bond donors (Lipinski definition) is 0. The molecular formula is C9H15FO3. The molecule has 0 aliphatic carbocycles. The van der Waals surface area contributed by atoms with Crippen LogP contribution in [0.2, 0.25) is 0 Å². The SMILES string of the molecule is CCOC=CCC(F)C(=O)OCC. The fourth-order valence-corrected chi connectivity index (χ4v) is 0.668. The van der Waals surface area contributed by atoms with Crippen molar-refractivity contribution >= 4 is 5.97 Å². The number of alkyl halides is 1. The van der Waals surface area contributed by atoms with Gasteiger partial charge in [-0.1, -0.05) is 0 Å². The van der Waals surface area contributed by atoms with Gasteiger partial charge in [0.25, 0.3) is 0 Å². The van der Waals surface area contributed by atoms with Gasteiger partial charge in [0.1, 0.15) is 0 Å².